The van der Waals surface area contributed by atoms with Crippen LogP contribution in [0.3, 0.4) is 0 Å². The minimum absolute atomic E-state index is 0.248. The maximum absolute atomic E-state index is 10.9. The number of nitrogens with zero attached hydrogens (tertiary/aromatic N) is 2. The summed E-state index contributed by atoms with van der Waals surface area (Å²) in [5.41, 5.74) is 0.248. The Morgan fingerprint density at radius 3 is 2.80 bits per heavy atom. The lowest BCUT2D eigenvalue weighted by Crippen LogP contribution is -2.24. The number of carboxylic acids is 1. The minimum atomic E-state index is -0.930. The van der Waals surface area contributed by atoms with E-state index in [0.29, 0.717) is 19.1 Å². The molecule has 0 radical (unpaired) electrons. The van der Waals surface area contributed by atoms with Crippen LogP contribution in [0, 0.1) is 0 Å². The van der Waals surface area contributed by atoms with Crippen molar-refractivity contribution in [1.82, 2.24) is 14.9 Å². The maximum atomic E-state index is 10.9. The summed E-state index contributed by atoms with van der Waals surface area (Å²) in [6.07, 6.45) is 1.41. The van der Waals surface area contributed by atoms with Crippen molar-refractivity contribution in [3.8, 4) is 0 Å². The largest absolute Gasteiger partial charge is 0.477 e. The van der Waals surface area contributed by atoms with Gasteiger partial charge in [-0.15, -0.1) is 0 Å². The highest BCUT2D eigenvalue weighted by Gasteiger charge is 2.13. The van der Waals surface area contributed by atoms with Crippen molar-refractivity contribution < 1.29 is 9.90 Å². The topological polar surface area (TPSA) is 67.2 Å². The van der Waals surface area contributed by atoms with Crippen molar-refractivity contribution in [2.24, 2.45) is 0 Å². The lowest BCUT2D eigenvalue weighted by Gasteiger charge is -2.10. The minimum Gasteiger partial charge on any atom is -0.477 e. The molecule has 0 aromatic carbocycles. The van der Waals surface area contributed by atoms with Gasteiger partial charge in [0.05, 0.1) is 12.7 Å². The van der Waals surface area contributed by atoms with Crippen LogP contribution in [-0.4, -0.2) is 26.7 Å². The molecular weight excluding hydrogens is 194 g/mol. The Bertz CT molecular complexity index is 344. The highest BCUT2D eigenvalue weighted by molar-refractivity contribution is 5.85. The van der Waals surface area contributed by atoms with Crippen LogP contribution in [0.15, 0.2) is 6.20 Å². The van der Waals surface area contributed by atoms with Gasteiger partial charge in [-0.1, -0.05) is 13.8 Å². The predicted octanol–water partition coefficient (Wildman–Crippen LogP) is 1.10. The standard InChI is InChI=1S/C10H17N3O2/c1-4-13-8(10(14)15)5-12-9(13)6-11-7(2)3/h5,7,11H,4,6H2,1-3H3,(H,14,15). The highest BCUT2D eigenvalue weighted by Crippen LogP contribution is 2.05. The highest BCUT2D eigenvalue weighted by atomic mass is 16.4. The van der Waals surface area contributed by atoms with E-state index in [1.165, 1.54) is 6.20 Å². The molecule has 2 N–H and O–H groups in total. The van der Waals surface area contributed by atoms with E-state index in [-0.39, 0.29) is 5.69 Å². The Morgan fingerprint density at radius 2 is 2.33 bits per heavy atom. The van der Waals surface area contributed by atoms with Gasteiger partial charge >= 0.3 is 5.97 Å². The molecule has 5 heteroatoms. The first-order valence-corrected chi connectivity index (χ1v) is 5.07. The Kier molecular flexibility index (Phi) is 3.85. The SMILES string of the molecule is CCn1c(C(=O)O)cnc1CNC(C)C. The summed E-state index contributed by atoms with van der Waals surface area (Å²) in [5.74, 6) is -0.163. The molecule has 0 aliphatic rings. The monoisotopic (exact) mass is 211 g/mol. The molecule has 1 aromatic heterocycles. The fraction of sp³-hybridized carbons (Fsp3) is 0.600. The van der Waals surface area contributed by atoms with Crippen LogP contribution < -0.4 is 5.32 Å². The lowest BCUT2D eigenvalue weighted by molar-refractivity contribution is 0.0685. The summed E-state index contributed by atoms with van der Waals surface area (Å²) in [7, 11) is 0. The van der Waals surface area contributed by atoms with Crippen molar-refractivity contribution in [2.45, 2.75) is 39.9 Å². The molecule has 0 aliphatic heterocycles. The Balaban J connectivity index is 2.84. The number of hydrogen-bond donors (Lipinski definition) is 2. The van der Waals surface area contributed by atoms with Crippen LogP contribution in [0.2, 0.25) is 0 Å². The zero-order chi connectivity index (χ0) is 11.4. The number of imidazole rings is 1. The van der Waals surface area contributed by atoms with E-state index in [9.17, 15) is 4.79 Å². The molecule has 84 valence electrons. The van der Waals surface area contributed by atoms with Gasteiger partial charge in [-0.3, -0.25) is 0 Å². The third-order valence-electron chi connectivity index (χ3n) is 2.14. The molecule has 0 atom stereocenters. The second kappa shape index (κ2) is 4.93. The first kappa shape index (κ1) is 11.7. The summed E-state index contributed by atoms with van der Waals surface area (Å²) in [6.45, 7) is 7.21. The van der Waals surface area contributed by atoms with E-state index >= 15 is 0 Å². The average molecular weight is 211 g/mol. The molecule has 0 aliphatic carbocycles. The number of hydrogen-bond acceptors (Lipinski definition) is 3. The number of aromatic nitrogens is 2. The van der Waals surface area contributed by atoms with E-state index in [1.54, 1.807) is 4.57 Å². The molecule has 0 amide bonds. The van der Waals surface area contributed by atoms with Gasteiger partial charge < -0.3 is 15.0 Å². The normalized spacial score (nSPS) is 10.9. The molecule has 0 spiro atoms. The quantitative estimate of drug-likeness (QED) is 0.765. The second-order valence-electron chi connectivity index (χ2n) is 3.64. The van der Waals surface area contributed by atoms with Gasteiger partial charge in [0.2, 0.25) is 0 Å². The molecule has 0 saturated heterocycles. The molecule has 1 rings (SSSR count). The van der Waals surface area contributed by atoms with Crippen LogP contribution in [0.4, 0.5) is 0 Å². The lowest BCUT2D eigenvalue weighted by atomic mass is 10.4. The van der Waals surface area contributed by atoms with Gasteiger partial charge in [0.15, 0.2) is 0 Å². The summed E-state index contributed by atoms with van der Waals surface area (Å²) < 4.78 is 1.71. The first-order chi connectivity index (χ1) is 7.06. The van der Waals surface area contributed by atoms with E-state index in [1.807, 2.05) is 20.8 Å². The number of rotatable bonds is 5. The summed E-state index contributed by atoms with van der Waals surface area (Å²) in [4.78, 5) is 15.0. The molecule has 0 unspecified atom stereocenters. The summed E-state index contributed by atoms with van der Waals surface area (Å²) >= 11 is 0. The van der Waals surface area contributed by atoms with Crippen molar-refractivity contribution in [2.75, 3.05) is 0 Å². The smallest absolute Gasteiger partial charge is 0.354 e. The van der Waals surface area contributed by atoms with Crippen molar-refractivity contribution in [1.29, 1.82) is 0 Å². The molecule has 1 aromatic rings. The van der Waals surface area contributed by atoms with Gasteiger partial charge in [-0.2, -0.15) is 0 Å². The zero-order valence-electron chi connectivity index (χ0n) is 9.32. The molecule has 0 fully saturated rings. The Morgan fingerprint density at radius 1 is 1.67 bits per heavy atom. The van der Waals surface area contributed by atoms with Crippen molar-refractivity contribution >= 4 is 5.97 Å². The third-order valence-corrected chi connectivity index (χ3v) is 2.14. The third kappa shape index (κ3) is 2.79. The van der Waals surface area contributed by atoms with Crippen LogP contribution in [0.1, 0.15) is 37.1 Å². The molecule has 15 heavy (non-hydrogen) atoms. The second-order valence-corrected chi connectivity index (χ2v) is 3.64. The molecule has 0 bridgehead atoms. The fourth-order valence-corrected chi connectivity index (χ4v) is 1.37. The van der Waals surface area contributed by atoms with E-state index in [0.717, 1.165) is 5.82 Å². The van der Waals surface area contributed by atoms with Gasteiger partial charge in [0.25, 0.3) is 0 Å². The Hall–Kier alpha value is -1.36. The van der Waals surface area contributed by atoms with E-state index in [4.69, 9.17) is 5.11 Å². The van der Waals surface area contributed by atoms with Gasteiger partial charge in [0, 0.05) is 12.6 Å². The number of aromatic carboxylic acids is 1. The van der Waals surface area contributed by atoms with Gasteiger partial charge in [-0.25, -0.2) is 9.78 Å². The van der Waals surface area contributed by atoms with Crippen LogP contribution in [0.5, 0.6) is 0 Å². The molecular formula is C10H17N3O2. The predicted molar refractivity (Wildman–Crippen MR) is 56.8 cm³/mol. The van der Waals surface area contributed by atoms with Gasteiger partial charge in [0.1, 0.15) is 11.5 Å². The zero-order valence-corrected chi connectivity index (χ0v) is 9.32. The molecule has 1 heterocycles. The fourth-order valence-electron chi connectivity index (χ4n) is 1.37. The number of nitrogens with one attached hydrogen (secondary N) is 1. The van der Waals surface area contributed by atoms with Crippen molar-refractivity contribution in [3.05, 3.63) is 17.7 Å². The van der Waals surface area contributed by atoms with Crippen LogP contribution >= 0.6 is 0 Å². The maximum Gasteiger partial charge on any atom is 0.354 e. The number of carboxylic acid groups (broad SMARTS) is 1. The average Bonchev–Trinajstić information content (AvgIpc) is 2.57. The Labute approximate surface area is 89.1 Å². The van der Waals surface area contributed by atoms with E-state index < -0.39 is 5.97 Å². The summed E-state index contributed by atoms with van der Waals surface area (Å²) in [5, 5.41) is 12.1. The first-order valence-electron chi connectivity index (χ1n) is 5.07. The van der Waals surface area contributed by atoms with Gasteiger partial charge in [-0.05, 0) is 6.92 Å². The van der Waals surface area contributed by atoms with E-state index in [2.05, 4.69) is 10.3 Å². The summed E-state index contributed by atoms with van der Waals surface area (Å²) in [6, 6.07) is 0.361. The number of carbonyl (C=O) groups is 1. The van der Waals surface area contributed by atoms with Crippen LogP contribution in [0.25, 0.3) is 0 Å². The molecule has 5 nitrogen and oxygen atoms in total. The van der Waals surface area contributed by atoms with Crippen LogP contribution in [-0.2, 0) is 13.1 Å². The van der Waals surface area contributed by atoms with Crippen molar-refractivity contribution in [3.63, 3.8) is 0 Å². The molecule has 0 saturated carbocycles.